The number of hydrogen-bond acceptors (Lipinski definition) is 5. The van der Waals surface area contributed by atoms with Crippen LogP contribution in [0, 0.1) is 20.8 Å². The van der Waals surface area contributed by atoms with Crippen LogP contribution in [0.3, 0.4) is 0 Å². The first kappa shape index (κ1) is 16.5. The first-order chi connectivity index (χ1) is 13.0. The molecule has 1 atom stereocenters. The van der Waals surface area contributed by atoms with Gasteiger partial charge < -0.3 is 9.42 Å². The molecule has 1 saturated carbocycles. The van der Waals surface area contributed by atoms with E-state index in [2.05, 4.69) is 32.9 Å². The minimum absolute atomic E-state index is 0.0413. The smallest absolute Gasteiger partial charge is 0.259 e. The summed E-state index contributed by atoms with van der Waals surface area (Å²) in [6.45, 7) is 7.34. The van der Waals surface area contributed by atoms with Crippen LogP contribution in [0.25, 0.3) is 11.1 Å². The van der Waals surface area contributed by atoms with Crippen molar-refractivity contribution in [1.29, 1.82) is 0 Å². The van der Waals surface area contributed by atoms with E-state index in [9.17, 15) is 4.79 Å². The van der Waals surface area contributed by atoms with Crippen molar-refractivity contribution in [3.05, 3.63) is 40.5 Å². The van der Waals surface area contributed by atoms with E-state index in [1.54, 1.807) is 0 Å². The Morgan fingerprint density at radius 3 is 2.70 bits per heavy atom. The van der Waals surface area contributed by atoms with Crippen molar-refractivity contribution < 1.29 is 9.32 Å². The van der Waals surface area contributed by atoms with Gasteiger partial charge in [0.15, 0.2) is 0 Å². The molecule has 3 aromatic heterocycles. The van der Waals surface area contributed by atoms with Crippen LogP contribution < -0.4 is 0 Å². The van der Waals surface area contributed by atoms with E-state index in [0.29, 0.717) is 23.7 Å². The molecule has 5 rings (SSSR count). The van der Waals surface area contributed by atoms with Gasteiger partial charge in [-0.05, 0) is 52.2 Å². The number of nitrogens with zero attached hydrogens (tertiary/aromatic N) is 5. The topological polar surface area (TPSA) is 77.0 Å². The zero-order valence-corrected chi connectivity index (χ0v) is 15.9. The first-order valence-corrected chi connectivity index (χ1v) is 9.60. The van der Waals surface area contributed by atoms with E-state index < -0.39 is 0 Å². The molecular formula is C20H23N5O2. The van der Waals surface area contributed by atoms with Crippen LogP contribution in [-0.4, -0.2) is 43.8 Å². The molecule has 140 valence electrons. The summed E-state index contributed by atoms with van der Waals surface area (Å²) < 4.78 is 7.44. The highest BCUT2D eigenvalue weighted by molar-refractivity contribution is 6.06. The summed E-state index contributed by atoms with van der Waals surface area (Å²) in [6.07, 6.45) is 3.17. The van der Waals surface area contributed by atoms with E-state index in [-0.39, 0.29) is 11.9 Å². The molecule has 7 nitrogen and oxygen atoms in total. The van der Waals surface area contributed by atoms with Crippen molar-refractivity contribution >= 4 is 17.0 Å². The molecule has 1 aliphatic carbocycles. The molecule has 1 unspecified atom stereocenters. The van der Waals surface area contributed by atoms with E-state index in [4.69, 9.17) is 4.52 Å². The van der Waals surface area contributed by atoms with Gasteiger partial charge in [0.2, 0.25) is 0 Å². The molecule has 0 aromatic carbocycles. The third kappa shape index (κ3) is 2.72. The fourth-order valence-electron chi connectivity index (χ4n) is 4.18. The molecule has 0 radical (unpaired) electrons. The highest BCUT2D eigenvalue weighted by Crippen LogP contribution is 2.40. The fourth-order valence-corrected chi connectivity index (χ4v) is 4.18. The maximum atomic E-state index is 13.4. The van der Waals surface area contributed by atoms with E-state index in [1.807, 2.05) is 24.8 Å². The molecule has 1 saturated heterocycles. The lowest BCUT2D eigenvalue weighted by molar-refractivity contribution is 0.0788. The van der Waals surface area contributed by atoms with E-state index in [0.717, 1.165) is 54.0 Å². The Bertz CT molecular complexity index is 1050. The average Bonchev–Trinajstić information content (AvgIpc) is 3.12. The number of rotatable bonds is 3. The Hall–Kier alpha value is -2.70. The second-order valence-corrected chi connectivity index (χ2v) is 7.88. The Morgan fingerprint density at radius 2 is 2.00 bits per heavy atom. The fraction of sp³-hybridized carbons (Fsp3) is 0.500. The summed E-state index contributed by atoms with van der Waals surface area (Å²) in [6, 6.07) is 4.27. The SMILES string of the molecule is Cc1cc(C)n(C2CCN(C(=O)c3cc(C4CC4)nc4onc(C)c34)C2)n1. The highest BCUT2D eigenvalue weighted by atomic mass is 16.5. The van der Waals surface area contributed by atoms with Crippen LogP contribution in [0.1, 0.15) is 64.4 Å². The molecule has 1 amide bonds. The molecule has 27 heavy (non-hydrogen) atoms. The summed E-state index contributed by atoms with van der Waals surface area (Å²) in [5, 5.41) is 9.39. The maximum absolute atomic E-state index is 13.4. The average molecular weight is 365 g/mol. The number of carbonyl (C=O) groups is 1. The molecule has 0 spiro atoms. The third-order valence-corrected chi connectivity index (χ3v) is 5.70. The largest absolute Gasteiger partial charge is 0.336 e. The third-order valence-electron chi connectivity index (χ3n) is 5.70. The van der Waals surface area contributed by atoms with Gasteiger partial charge in [-0.25, -0.2) is 4.98 Å². The zero-order valence-electron chi connectivity index (χ0n) is 15.9. The number of likely N-dealkylation sites (tertiary alicyclic amines) is 1. The Labute approximate surface area is 157 Å². The molecular weight excluding hydrogens is 342 g/mol. The minimum atomic E-state index is 0.0413. The molecule has 2 aliphatic rings. The summed E-state index contributed by atoms with van der Waals surface area (Å²) >= 11 is 0. The number of aryl methyl sites for hydroxylation is 3. The molecule has 7 heteroatoms. The molecule has 4 heterocycles. The first-order valence-electron chi connectivity index (χ1n) is 9.60. The highest BCUT2D eigenvalue weighted by Gasteiger charge is 2.33. The van der Waals surface area contributed by atoms with Crippen LogP contribution >= 0.6 is 0 Å². The van der Waals surface area contributed by atoms with Crippen molar-refractivity contribution in [2.75, 3.05) is 13.1 Å². The molecule has 0 N–H and O–H groups in total. The van der Waals surface area contributed by atoms with Crippen molar-refractivity contribution in [3.63, 3.8) is 0 Å². The van der Waals surface area contributed by atoms with Crippen LogP contribution in [0.2, 0.25) is 0 Å². The standard InChI is InChI=1S/C20H23N5O2/c1-11-8-12(2)25(22-11)15-6-7-24(10-15)20(26)16-9-17(14-4-5-14)21-19-18(16)13(3)23-27-19/h8-9,14-15H,4-7,10H2,1-3H3. The molecule has 2 fully saturated rings. The van der Waals surface area contributed by atoms with E-state index in [1.165, 1.54) is 0 Å². The van der Waals surface area contributed by atoms with Gasteiger partial charge in [-0.2, -0.15) is 5.10 Å². The lowest BCUT2D eigenvalue weighted by atomic mass is 10.1. The van der Waals surface area contributed by atoms with Crippen molar-refractivity contribution in [2.45, 2.75) is 52.0 Å². The van der Waals surface area contributed by atoms with Crippen molar-refractivity contribution in [2.24, 2.45) is 0 Å². The van der Waals surface area contributed by atoms with E-state index >= 15 is 0 Å². The van der Waals surface area contributed by atoms with Gasteiger partial charge in [-0.3, -0.25) is 9.48 Å². The quantitative estimate of drug-likeness (QED) is 0.712. The van der Waals surface area contributed by atoms with Gasteiger partial charge >= 0.3 is 0 Å². The predicted octanol–water partition coefficient (Wildman–Crippen LogP) is 3.31. The zero-order chi connectivity index (χ0) is 18.7. The number of amides is 1. The van der Waals surface area contributed by atoms with Gasteiger partial charge in [-0.15, -0.1) is 0 Å². The number of carbonyl (C=O) groups excluding carboxylic acids is 1. The van der Waals surface area contributed by atoms with Gasteiger partial charge in [0.05, 0.1) is 28.4 Å². The molecule has 1 aliphatic heterocycles. The number of fused-ring (bicyclic) bond motifs is 1. The molecule has 3 aromatic rings. The van der Waals surface area contributed by atoms with Crippen LogP contribution in [-0.2, 0) is 0 Å². The monoisotopic (exact) mass is 365 g/mol. The lowest BCUT2D eigenvalue weighted by Crippen LogP contribution is -2.29. The van der Waals surface area contributed by atoms with Crippen LogP contribution in [0.5, 0.6) is 0 Å². The Balaban J connectivity index is 1.47. The van der Waals surface area contributed by atoms with Gasteiger partial charge in [-0.1, -0.05) is 5.16 Å². The minimum Gasteiger partial charge on any atom is -0.336 e. The predicted molar refractivity (Wildman–Crippen MR) is 99.8 cm³/mol. The summed E-state index contributed by atoms with van der Waals surface area (Å²) in [4.78, 5) is 19.9. The van der Waals surface area contributed by atoms with Gasteiger partial charge in [0, 0.05) is 30.4 Å². The second kappa shape index (κ2) is 5.90. The maximum Gasteiger partial charge on any atom is 0.259 e. The van der Waals surface area contributed by atoms with Crippen molar-refractivity contribution in [3.8, 4) is 0 Å². The van der Waals surface area contributed by atoms with Gasteiger partial charge in [0.1, 0.15) is 0 Å². The molecule has 0 bridgehead atoms. The summed E-state index contributed by atoms with van der Waals surface area (Å²) in [5.41, 5.74) is 4.99. The Morgan fingerprint density at radius 1 is 1.19 bits per heavy atom. The number of aromatic nitrogens is 4. The number of pyridine rings is 1. The lowest BCUT2D eigenvalue weighted by Gasteiger charge is -2.18. The van der Waals surface area contributed by atoms with Crippen LogP contribution in [0.4, 0.5) is 0 Å². The Kier molecular flexibility index (Phi) is 3.60. The van der Waals surface area contributed by atoms with Crippen LogP contribution in [0.15, 0.2) is 16.7 Å². The van der Waals surface area contributed by atoms with Gasteiger partial charge in [0.25, 0.3) is 11.6 Å². The summed E-state index contributed by atoms with van der Waals surface area (Å²) in [7, 11) is 0. The summed E-state index contributed by atoms with van der Waals surface area (Å²) in [5.74, 6) is 0.493. The number of hydrogen-bond donors (Lipinski definition) is 0. The second-order valence-electron chi connectivity index (χ2n) is 7.88. The van der Waals surface area contributed by atoms with Crippen molar-refractivity contribution in [1.82, 2.24) is 24.8 Å². The normalized spacial score (nSPS) is 20.0.